The van der Waals surface area contributed by atoms with Crippen molar-refractivity contribution in [2.45, 2.75) is 25.3 Å². The first-order valence-electron chi connectivity index (χ1n) is 9.15. The van der Waals surface area contributed by atoms with E-state index in [0.29, 0.717) is 5.56 Å². The number of nitro groups is 1. The molecule has 0 fully saturated rings. The van der Waals surface area contributed by atoms with Crippen molar-refractivity contribution in [1.82, 2.24) is 0 Å². The number of phenols is 1. The number of non-ortho nitro benzene ring substituents is 1. The zero-order valence-electron chi connectivity index (χ0n) is 15.6. The number of anilines is 2. The third kappa shape index (κ3) is 2.89. The summed E-state index contributed by atoms with van der Waals surface area (Å²) in [5.41, 5.74) is 3.31. The third-order valence-corrected chi connectivity index (χ3v) is 5.76. The molecule has 7 heteroatoms. The SMILES string of the molecule is CC(=O)N(C)c1ccc2c(c1)C1C=CCC1C(c1cc([N+](=O)[O-])ccc1O)N2. The predicted molar refractivity (Wildman–Crippen MR) is 107 cm³/mol. The van der Waals surface area contributed by atoms with Gasteiger partial charge in [0.2, 0.25) is 5.91 Å². The van der Waals surface area contributed by atoms with E-state index in [0.717, 1.165) is 23.4 Å². The number of phenolic OH excluding ortho intramolecular Hbond substituents is 1. The van der Waals surface area contributed by atoms with Gasteiger partial charge >= 0.3 is 0 Å². The van der Waals surface area contributed by atoms with Crippen molar-refractivity contribution in [1.29, 1.82) is 0 Å². The van der Waals surface area contributed by atoms with Gasteiger partial charge in [0.25, 0.3) is 5.69 Å². The molecule has 1 amide bonds. The van der Waals surface area contributed by atoms with Crippen molar-refractivity contribution in [2.24, 2.45) is 5.92 Å². The normalized spacial score (nSPS) is 22.1. The quantitative estimate of drug-likeness (QED) is 0.475. The van der Waals surface area contributed by atoms with Gasteiger partial charge in [0.1, 0.15) is 5.75 Å². The minimum Gasteiger partial charge on any atom is -0.508 e. The van der Waals surface area contributed by atoms with E-state index in [1.165, 1.54) is 25.1 Å². The van der Waals surface area contributed by atoms with Crippen LogP contribution in [0, 0.1) is 16.0 Å². The van der Waals surface area contributed by atoms with Crippen LogP contribution in [0.3, 0.4) is 0 Å². The van der Waals surface area contributed by atoms with Crippen molar-refractivity contribution in [3.8, 4) is 5.75 Å². The highest BCUT2D eigenvalue weighted by atomic mass is 16.6. The lowest BCUT2D eigenvalue weighted by atomic mass is 9.76. The van der Waals surface area contributed by atoms with E-state index in [4.69, 9.17) is 0 Å². The van der Waals surface area contributed by atoms with E-state index in [9.17, 15) is 20.0 Å². The van der Waals surface area contributed by atoms with Crippen LogP contribution in [0.2, 0.25) is 0 Å². The molecule has 3 atom stereocenters. The van der Waals surface area contributed by atoms with Crippen LogP contribution in [-0.2, 0) is 4.79 Å². The molecule has 2 aromatic rings. The van der Waals surface area contributed by atoms with Gasteiger partial charge in [-0.05, 0) is 42.2 Å². The molecule has 2 aromatic carbocycles. The monoisotopic (exact) mass is 379 g/mol. The molecule has 0 radical (unpaired) electrons. The van der Waals surface area contributed by atoms with Crippen molar-refractivity contribution in [3.05, 3.63) is 69.8 Å². The van der Waals surface area contributed by atoms with Crippen LogP contribution in [0.15, 0.2) is 48.6 Å². The number of hydrogen-bond acceptors (Lipinski definition) is 5. The van der Waals surface area contributed by atoms with Gasteiger partial charge in [-0.3, -0.25) is 14.9 Å². The highest BCUT2D eigenvalue weighted by molar-refractivity contribution is 5.91. The number of aromatic hydroxyl groups is 1. The number of allylic oxidation sites excluding steroid dienone is 2. The molecule has 0 bridgehead atoms. The number of benzene rings is 2. The lowest BCUT2D eigenvalue weighted by Gasteiger charge is -2.38. The van der Waals surface area contributed by atoms with Gasteiger partial charge in [-0.15, -0.1) is 0 Å². The molecule has 0 saturated carbocycles. The second-order valence-corrected chi connectivity index (χ2v) is 7.33. The maximum atomic E-state index is 11.7. The molecule has 144 valence electrons. The Morgan fingerprint density at radius 1 is 1.25 bits per heavy atom. The van der Waals surface area contributed by atoms with Crippen LogP contribution >= 0.6 is 0 Å². The average Bonchev–Trinajstić information content (AvgIpc) is 3.16. The average molecular weight is 379 g/mol. The maximum absolute atomic E-state index is 11.7. The molecule has 0 saturated heterocycles. The molecule has 2 aliphatic rings. The first-order valence-corrected chi connectivity index (χ1v) is 9.15. The number of nitrogens with zero attached hydrogens (tertiary/aromatic N) is 2. The van der Waals surface area contributed by atoms with E-state index in [-0.39, 0.29) is 35.2 Å². The summed E-state index contributed by atoms with van der Waals surface area (Å²) in [7, 11) is 1.74. The van der Waals surface area contributed by atoms with E-state index in [1.54, 1.807) is 11.9 Å². The van der Waals surface area contributed by atoms with Crippen LogP contribution in [0.5, 0.6) is 5.75 Å². The Kier molecular flexibility index (Phi) is 4.30. The summed E-state index contributed by atoms with van der Waals surface area (Å²) < 4.78 is 0. The van der Waals surface area contributed by atoms with Crippen LogP contribution < -0.4 is 10.2 Å². The summed E-state index contributed by atoms with van der Waals surface area (Å²) in [6, 6.07) is 9.71. The molecular formula is C21H21N3O4. The summed E-state index contributed by atoms with van der Waals surface area (Å²) in [5, 5.41) is 25.0. The molecule has 0 spiro atoms. The molecule has 3 unspecified atom stereocenters. The number of nitro benzene ring substituents is 1. The number of amides is 1. The Hall–Kier alpha value is -3.35. The standard InChI is InChI=1S/C21H21N3O4/c1-12(25)23(2)13-6-8-19-17(10-13)15-4-3-5-16(15)21(22-19)18-11-14(24(27)28)7-9-20(18)26/h3-4,6-11,15-16,21-22,26H,5H2,1-2H3. The van der Waals surface area contributed by atoms with E-state index < -0.39 is 4.92 Å². The predicted octanol–water partition coefficient (Wildman–Crippen LogP) is 4.11. The first kappa shape index (κ1) is 18.0. The molecule has 1 heterocycles. The number of hydrogen-bond donors (Lipinski definition) is 2. The van der Waals surface area contributed by atoms with Crippen molar-refractivity contribution >= 4 is 23.0 Å². The number of nitrogens with one attached hydrogen (secondary N) is 1. The van der Waals surface area contributed by atoms with Gasteiger partial charge < -0.3 is 15.3 Å². The van der Waals surface area contributed by atoms with E-state index >= 15 is 0 Å². The second kappa shape index (κ2) is 6.67. The molecule has 28 heavy (non-hydrogen) atoms. The Labute approximate surface area is 162 Å². The topological polar surface area (TPSA) is 95.7 Å². The third-order valence-electron chi connectivity index (χ3n) is 5.76. The van der Waals surface area contributed by atoms with Crippen molar-refractivity contribution in [2.75, 3.05) is 17.3 Å². The van der Waals surface area contributed by atoms with Gasteiger partial charge in [0.05, 0.1) is 11.0 Å². The lowest BCUT2D eigenvalue weighted by molar-refractivity contribution is -0.385. The zero-order chi connectivity index (χ0) is 20.0. The fraction of sp³-hybridized carbons (Fsp3) is 0.286. The Balaban J connectivity index is 1.77. The number of rotatable bonds is 3. The molecule has 2 N–H and O–H groups in total. The zero-order valence-corrected chi connectivity index (χ0v) is 15.6. The largest absolute Gasteiger partial charge is 0.508 e. The highest BCUT2D eigenvalue weighted by Gasteiger charge is 2.39. The lowest BCUT2D eigenvalue weighted by Crippen LogP contribution is -2.30. The molecule has 1 aliphatic carbocycles. The fourth-order valence-electron chi connectivity index (χ4n) is 4.18. The second-order valence-electron chi connectivity index (χ2n) is 7.33. The number of carbonyl (C=O) groups is 1. The van der Waals surface area contributed by atoms with Crippen LogP contribution in [-0.4, -0.2) is 23.0 Å². The Morgan fingerprint density at radius 3 is 2.75 bits per heavy atom. The number of fused-ring (bicyclic) bond motifs is 3. The van der Waals surface area contributed by atoms with Crippen LogP contribution in [0.1, 0.15) is 36.4 Å². The first-order chi connectivity index (χ1) is 13.4. The van der Waals surface area contributed by atoms with Gasteiger partial charge in [0, 0.05) is 49.0 Å². The van der Waals surface area contributed by atoms with Gasteiger partial charge in [-0.25, -0.2) is 0 Å². The number of carbonyl (C=O) groups excluding carboxylic acids is 1. The molecule has 4 rings (SSSR count). The summed E-state index contributed by atoms with van der Waals surface area (Å²) in [5.74, 6) is 0.241. The van der Waals surface area contributed by atoms with Gasteiger partial charge in [-0.1, -0.05) is 12.2 Å². The molecule has 1 aliphatic heterocycles. The van der Waals surface area contributed by atoms with E-state index in [1.807, 2.05) is 18.2 Å². The smallest absolute Gasteiger partial charge is 0.270 e. The van der Waals surface area contributed by atoms with Gasteiger partial charge in [0.15, 0.2) is 0 Å². The van der Waals surface area contributed by atoms with Crippen molar-refractivity contribution < 1.29 is 14.8 Å². The summed E-state index contributed by atoms with van der Waals surface area (Å²) in [6.07, 6.45) is 5.05. The van der Waals surface area contributed by atoms with Crippen LogP contribution in [0.4, 0.5) is 17.1 Å². The molecule has 7 nitrogen and oxygen atoms in total. The summed E-state index contributed by atoms with van der Waals surface area (Å²) >= 11 is 0. The summed E-state index contributed by atoms with van der Waals surface area (Å²) in [4.78, 5) is 24.1. The fourth-order valence-corrected chi connectivity index (χ4v) is 4.18. The molecular weight excluding hydrogens is 358 g/mol. The highest BCUT2D eigenvalue weighted by Crippen LogP contribution is 2.52. The van der Waals surface area contributed by atoms with Gasteiger partial charge in [-0.2, -0.15) is 0 Å². The maximum Gasteiger partial charge on any atom is 0.270 e. The Morgan fingerprint density at radius 2 is 2.04 bits per heavy atom. The summed E-state index contributed by atoms with van der Waals surface area (Å²) in [6.45, 7) is 1.52. The minimum absolute atomic E-state index is 0.0402. The minimum atomic E-state index is -0.450. The van der Waals surface area contributed by atoms with E-state index in [2.05, 4.69) is 17.5 Å². The molecule has 0 aromatic heterocycles. The Bertz CT molecular complexity index is 1000. The van der Waals surface area contributed by atoms with Crippen molar-refractivity contribution in [3.63, 3.8) is 0 Å². The van der Waals surface area contributed by atoms with Crippen LogP contribution in [0.25, 0.3) is 0 Å².